The second-order valence-electron chi connectivity index (χ2n) is 7.74. The van der Waals surface area contributed by atoms with Crippen molar-refractivity contribution in [2.45, 2.75) is 39.3 Å². The third-order valence-corrected chi connectivity index (χ3v) is 4.43. The van der Waals surface area contributed by atoms with E-state index in [-0.39, 0.29) is 5.91 Å². The molecule has 0 spiro atoms. The number of hydrogen-bond acceptors (Lipinski definition) is 5. The molecule has 2 heterocycles. The highest BCUT2D eigenvalue weighted by Gasteiger charge is 2.27. The Kier molecular flexibility index (Phi) is 5.98. The first-order chi connectivity index (χ1) is 13.6. The average molecular weight is 418 g/mol. The van der Waals surface area contributed by atoms with E-state index in [0.717, 1.165) is 0 Å². The molecule has 2 aromatic rings. The first-order valence-electron chi connectivity index (χ1n) is 9.35. The third kappa shape index (κ3) is 5.17. The SMILES string of the molecule is CC(NC(=O)OC(C)(C)C)c1ccc2c(n1)OCCN2C(=O)c1cccc(Cl)c1. The van der Waals surface area contributed by atoms with Crippen LogP contribution in [0.2, 0.25) is 5.02 Å². The van der Waals surface area contributed by atoms with Gasteiger partial charge in [0.15, 0.2) is 0 Å². The van der Waals surface area contributed by atoms with Crippen LogP contribution >= 0.6 is 11.6 Å². The van der Waals surface area contributed by atoms with Crippen LogP contribution in [0, 0.1) is 0 Å². The first-order valence-corrected chi connectivity index (χ1v) is 9.72. The van der Waals surface area contributed by atoms with Gasteiger partial charge in [0.25, 0.3) is 5.91 Å². The van der Waals surface area contributed by atoms with Crippen LogP contribution < -0.4 is 15.0 Å². The maximum absolute atomic E-state index is 12.9. The summed E-state index contributed by atoms with van der Waals surface area (Å²) in [6.45, 7) is 7.93. The summed E-state index contributed by atoms with van der Waals surface area (Å²) in [7, 11) is 0. The van der Waals surface area contributed by atoms with Crippen molar-refractivity contribution in [1.82, 2.24) is 10.3 Å². The molecule has 1 aromatic heterocycles. The first kappa shape index (κ1) is 20.9. The molecule has 0 saturated carbocycles. The number of anilines is 1. The Morgan fingerprint density at radius 2 is 2.03 bits per heavy atom. The molecule has 1 aliphatic heterocycles. The number of rotatable bonds is 3. The number of amides is 2. The van der Waals surface area contributed by atoms with Crippen molar-refractivity contribution in [3.05, 3.63) is 52.7 Å². The molecule has 1 unspecified atom stereocenters. The molecule has 3 rings (SSSR count). The van der Waals surface area contributed by atoms with Crippen molar-refractivity contribution < 1.29 is 19.1 Å². The van der Waals surface area contributed by atoms with Crippen LogP contribution in [0.1, 0.15) is 49.8 Å². The van der Waals surface area contributed by atoms with Crippen LogP contribution in [0.15, 0.2) is 36.4 Å². The summed E-state index contributed by atoms with van der Waals surface area (Å²) >= 11 is 6.01. The van der Waals surface area contributed by atoms with E-state index in [1.54, 1.807) is 69.0 Å². The van der Waals surface area contributed by atoms with E-state index in [0.29, 0.717) is 41.0 Å². The van der Waals surface area contributed by atoms with Gasteiger partial charge in [-0.2, -0.15) is 0 Å². The number of benzene rings is 1. The van der Waals surface area contributed by atoms with E-state index in [1.807, 2.05) is 0 Å². The molecule has 0 saturated heterocycles. The van der Waals surface area contributed by atoms with Crippen molar-refractivity contribution in [3.8, 4) is 5.88 Å². The Morgan fingerprint density at radius 1 is 1.28 bits per heavy atom. The number of fused-ring (bicyclic) bond motifs is 1. The number of halogens is 1. The maximum atomic E-state index is 12.9. The van der Waals surface area contributed by atoms with E-state index in [2.05, 4.69) is 10.3 Å². The summed E-state index contributed by atoms with van der Waals surface area (Å²) in [5.41, 5.74) is 1.09. The summed E-state index contributed by atoms with van der Waals surface area (Å²) in [5.74, 6) is 0.175. The molecule has 1 atom stereocenters. The summed E-state index contributed by atoms with van der Waals surface area (Å²) in [4.78, 5) is 31.0. The molecular weight excluding hydrogens is 394 g/mol. The third-order valence-electron chi connectivity index (χ3n) is 4.20. The number of nitrogens with one attached hydrogen (secondary N) is 1. The van der Waals surface area contributed by atoms with Crippen molar-refractivity contribution in [2.24, 2.45) is 0 Å². The highest BCUT2D eigenvalue weighted by molar-refractivity contribution is 6.31. The minimum absolute atomic E-state index is 0.175. The van der Waals surface area contributed by atoms with Gasteiger partial charge in [-0.25, -0.2) is 9.78 Å². The standard InChI is InChI=1S/C21H24ClN3O4/c1-13(23-20(27)29-21(2,3)4)16-8-9-17-18(24-16)28-11-10-25(17)19(26)14-6-5-7-15(22)12-14/h5-9,12-13H,10-11H2,1-4H3,(H,23,27). The van der Waals surface area contributed by atoms with Gasteiger partial charge in [0.2, 0.25) is 5.88 Å². The quantitative estimate of drug-likeness (QED) is 0.802. The van der Waals surface area contributed by atoms with Gasteiger partial charge in [-0.05, 0) is 58.0 Å². The lowest BCUT2D eigenvalue weighted by atomic mass is 10.1. The number of pyridine rings is 1. The Hall–Kier alpha value is -2.80. The fourth-order valence-electron chi connectivity index (χ4n) is 2.90. The topological polar surface area (TPSA) is 80.8 Å². The van der Waals surface area contributed by atoms with Crippen molar-refractivity contribution >= 4 is 29.3 Å². The molecule has 7 nitrogen and oxygen atoms in total. The Morgan fingerprint density at radius 3 is 2.72 bits per heavy atom. The van der Waals surface area contributed by atoms with Crippen molar-refractivity contribution in [1.29, 1.82) is 0 Å². The highest BCUT2D eigenvalue weighted by Crippen LogP contribution is 2.32. The van der Waals surface area contributed by atoms with E-state index < -0.39 is 17.7 Å². The number of carbonyl (C=O) groups is 2. The molecule has 1 aliphatic rings. The Bertz CT molecular complexity index is 926. The number of alkyl carbamates (subject to hydrolysis) is 1. The molecule has 0 aliphatic carbocycles. The lowest BCUT2D eigenvalue weighted by Gasteiger charge is -2.29. The van der Waals surface area contributed by atoms with Crippen molar-refractivity contribution in [2.75, 3.05) is 18.1 Å². The fraction of sp³-hybridized carbons (Fsp3) is 0.381. The maximum Gasteiger partial charge on any atom is 0.408 e. The number of carbonyl (C=O) groups excluding carboxylic acids is 2. The Balaban J connectivity index is 1.78. The van der Waals surface area contributed by atoms with Gasteiger partial charge in [-0.1, -0.05) is 17.7 Å². The van der Waals surface area contributed by atoms with Gasteiger partial charge in [0, 0.05) is 10.6 Å². The highest BCUT2D eigenvalue weighted by atomic mass is 35.5. The average Bonchev–Trinajstić information content (AvgIpc) is 2.65. The summed E-state index contributed by atoms with van der Waals surface area (Å²) in [6, 6.07) is 9.95. The molecule has 1 aromatic carbocycles. The Labute approximate surface area is 175 Å². The zero-order chi connectivity index (χ0) is 21.2. The number of hydrogen-bond donors (Lipinski definition) is 1. The molecule has 0 fully saturated rings. The smallest absolute Gasteiger partial charge is 0.408 e. The van der Waals surface area contributed by atoms with Crippen LogP contribution in [0.25, 0.3) is 0 Å². The number of ether oxygens (including phenoxy) is 2. The molecule has 154 valence electrons. The molecule has 0 radical (unpaired) electrons. The van der Waals surface area contributed by atoms with Gasteiger partial charge >= 0.3 is 6.09 Å². The van der Waals surface area contributed by atoms with E-state index >= 15 is 0 Å². The van der Waals surface area contributed by atoms with Gasteiger partial charge in [-0.15, -0.1) is 0 Å². The minimum atomic E-state index is -0.586. The van der Waals surface area contributed by atoms with E-state index in [9.17, 15) is 9.59 Å². The van der Waals surface area contributed by atoms with Crippen LogP contribution in [0.5, 0.6) is 5.88 Å². The number of aromatic nitrogens is 1. The molecule has 2 amide bonds. The van der Waals surface area contributed by atoms with Crippen LogP contribution in [-0.2, 0) is 4.74 Å². The lowest BCUT2D eigenvalue weighted by molar-refractivity contribution is 0.0506. The van der Waals surface area contributed by atoms with Gasteiger partial charge < -0.3 is 19.7 Å². The van der Waals surface area contributed by atoms with Crippen LogP contribution in [0.3, 0.4) is 0 Å². The summed E-state index contributed by atoms with van der Waals surface area (Å²) in [5, 5.41) is 3.25. The normalized spacial score (nSPS) is 14.4. The summed E-state index contributed by atoms with van der Waals surface area (Å²) < 4.78 is 10.9. The van der Waals surface area contributed by atoms with Crippen LogP contribution in [-0.4, -0.2) is 35.7 Å². The second-order valence-corrected chi connectivity index (χ2v) is 8.18. The molecule has 29 heavy (non-hydrogen) atoms. The second kappa shape index (κ2) is 8.29. The van der Waals surface area contributed by atoms with E-state index in [1.165, 1.54) is 0 Å². The monoisotopic (exact) mass is 417 g/mol. The van der Waals surface area contributed by atoms with Crippen molar-refractivity contribution in [3.63, 3.8) is 0 Å². The number of nitrogens with zero attached hydrogens (tertiary/aromatic N) is 2. The molecule has 0 bridgehead atoms. The van der Waals surface area contributed by atoms with Gasteiger partial charge in [0.1, 0.15) is 17.9 Å². The zero-order valence-electron chi connectivity index (χ0n) is 16.9. The zero-order valence-corrected chi connectivity index (χ0v) is 17.6. The fourth-order valence-corrected chi connectivity index (χ4v) is 3.09. The predicted molar refractivity (Wildman–Crippen MR) is 111 cm³/mol. The minimum Gasteiger partial charge on any atom is -0.474 e. The lowest BCUT2D eigenvalue weighted by Crippen LogP contribution is -2.38. The summed E-state index contributed by atoms with van der Waals surface area (Å²) in [6.07, 6.45) is -0.525. The van der Waals surface area contributed by atoms with Gasteiger partial charge in [0.05, 0.1) is 18.3 Å². The van der Waals surface area contributed by atoms with Gasteiger partial charge in [-0.3, -0.25) is 4.79 Å². The molecule has 1 N–H and O–H groups in total. The molecular formula is C21H24ClN3O4. The molecule has 8 heteroatoms. The van der Waals surface area contributed by atoms with E-state index in [4.69, 9.17) is 21.1 Å². The largest absolute Gasteiger partial charge is 0.474 e. The van der Waals surface area contributed by atoms with Crippen LogP contribution in [0.4, 0.5) is 10.5 Å². The predicted octanol–water partition coefficient (Wildman–Crippen LogP) is 4.36.